The Bertz CT molecular complexity index is 808. The molecule has 7 heteroatoms. The van der Waals surface area contributed by atoms with Crippen molar-refractivity contribution in [2.24, 2.45) is 5.16 Å². The first kappa shape index (κ1) is 17.6. The fourth-order valence-corrected chi connectivity index (χ4v) is 2.66. The van der Waals surface area contributed by atoms with Crippen molar-refractivity contribution < 1.29 is 14.4 Å². The highest BCUT2D eigenvalue weighted by Gasteiger charge is 2.38. The number of carbonyl (C=O) groups is 2. The van der Waals surface area contributed by atoms with E-state index < -0.39 is 5.60 Å². The number of nitrogens with zero attached hydrogens (tertiary/aromatic N) is 2. The highest BCUT2D eigenvalue weighted by molar-refractivity contribution is 6.39. The molecule has 26 heavy (non-hydrogen) atoms. The van der Waals surface area contributed by atoms with Gasteiger partial charge in [-0.3, -0.25) is 14.6 Å². The van der Waals surface area contributed by atoms with Crippen molar-refractivity contribution >= 4 is 23.2 Å². The first-order valence-electron chi connectivity index (χ1n) is 8.35. The van der Waals surface area contributed by atoms with Crippen molar-refractivity contribution in [1.29, 1.82) is 0 Å². The summed E-state index contributed by atoms with van der Waals surface area (Å²) in [7, 11) is 0. The van der Waals surface area contributed by atoms with Crippen LogP contribution in [0.3, 0.4) is 0 Å². The molecule has 0 bridgehead atoms. The standard InChI is InChI=1S/C19H20N4O3/c1-19(14-6-3-2-4-7-14)12-16(23-26-19)18(25)21-11-9-17(24)22-15-8-5-10-20-13-15/h2-8,10,13H,9,11-12H2,1H3,(H,21,25)(H,22,24). The van der Waals surface area contributed by atoms with Crippen LogP contribution in [0.15, 0.2) is 60.0 Å². The fraction of sp³-hybridized carbons (Fsp3) is 0.263. The lowest BCUT2D eigenvalue weighted by Gasteiger charge is -2.21. The molecule has 1 atom stereocenters. The van der Waals surface area contributed by atoms with Crippen LogP contribution in [-0.2, 0) is 20.0 Å². The van der Waals surface area contributed by atoms with Gasteiger partial charge in [0.2, 0.25) is 5.91 Å². The van der Waals surface area contributed by atoms with Gasteiger partial charge in [-0.25, -0.2) is 0 Å². The van der Waals surface area contributed by atoms with Crippen LogP contribution in [0, 0.1) is 0 Å². The molecule has 2 heterocycles. The number of pyridine rings is 1. The maximum Gasteiger partial charge on any atom is 0.269 e. The highest BCUT2D eigenvalue weighted by atomic mass is 16.7. The average molecular weight is 352 g/mol. The fourth-order valence-electron chi connectivity index (χ4n) is 2.66. The molecule has 1 aliphatic rings. The van der Waals surface area contributed by atoms with Gasteiger partial charge in [0.1, 0.15) is 5.71 Å². The predicted molar refractivity (Wildman–Crippen MR) is 97.4 cm³/mol. The summed E-state index contributed by atoms with van der Waals surface area (Å²) in [5.74, 6) is -0.518. The van der Waals surface area contributed by atoms with Gasteiger partial charge in [0.25, 0.3) is 5.91 Å². The van der Waals surface area contributed by atoms with Crippen molar-refractivity contribution in [1.82, 2.24) is 10.3 Å². The zero-order valence-corrected chi connectivity index (χ0v) is 14.4. The molecule has 1 aliphatic heterocycles. The first-order valence-corrected chi connectivity index (χ1v) is 8.35. The predicted octanol–water partition coefficient (Wildman–Crippen LogP) is 2.22. The molecule has 7 nitrogen and oxygen atoms in total. The van der Waals surface area contributed by atoms with Gasteiger partial charge in [-0.15, -0.1) is 0 Å². The number of rotatable bonds is 6. The maximum absolute atomic E-state index is 12.2. The summed E-state index contributed by atoms with van der Waals surface area (Å²) in [6.45, 7) is 2.11. The lowest BCUT2D eigenvalue weighted by Crippen LogP contribution is -2.34. The Hall–Kier alpha value is -3.22. The van der Waals surface area contributed by atoms with Crippen molar-refractivity contribution in [2.45, 2.75) is 25.4 Å². The van der Waals surface area contributed by atoms with Crippen LogP contribution in [0.1, 0.15) is 25.3 Å². The third kappa shape index (κ3) is 4.24. The summed E-state index contributed by atoms with van der Waals surface area (Å²) >= 11 is 0. The van der Waals surface area contributed by atoms with Gasteiger partial charge in [0.05, 0.1) is 11.9 Å². The number of aromatic nitrogens is 1. The van der Waals surface area contributed by atoms with Gasteiger partial charge >= 0.3 is 0 Å². The van der Waals surface area contributed by atoms with Gasteiger partial charge in [-0.1, -0.05) is 35.5 Å². The second-order valence-corrected chi connectivity index (χ2v) is 6.20. The highest BCUT2D eigenvalue weighted by Crippen LogP contribution is 2.34. The summed E-state index contributed by atoms with van der Waals surface area (Å²) < 4.78 is 0. The summed E-state index contributed by atoms with van der Waals surface area (Å²) in [4.78, 5) is 33.5. The number of nitrogens with one attached hydrogen (secondary N) is 2. The smallest absolute Gasteiger partial charge is 0.269 e. The molecule has 1 aromatic heterocycles. The average Bonchev–Trinajstić information content (AvgIpc) is 3.07. The molecule has 1 aromatic carbocycles. The van der Waals surface area contributed by atoms with E-state index in [9.17, 15) is 9.59 Å². The van der Waals surface area contributed by atoms with Crippen molar-refractivity contribution in [3.63, 3.8) is 0 Å². The van der Waals surface area contributed by atoms with Gasteiger partial charge in [0.15, 0.2) is 5.60 Å². The number of benzene rings is 1. The van der Waals surface area contributed by atoms with Gasteiger partial charge in [0, 0.05) is 25.6 Å². The van der Waals surface area contributed by atoms with E-state index in [0.717, 1.165) is 5.56 Å². The number of hydrogen-bond donors (Lipinski definition) is 2. The minimum Gasteiger partial charge on any atom is -0.384 e. The zero-order valence-electron chi connectivity index (χ0n) is 14.4. The largest absolute Gasteiger partial charge is 0.384 e. The van der Waals surface area contributed by atoms with Crippen molar-refractivity contribution in [3.8, 4) is 0 Å². The molecule has 134 valence electrons. The lowest BCUT2D eigenvalue weighted by molar-refractivity contribution is -0.116. The lowest BCUT2D eigenvalue weighted by atomic mass is 9.91. The Morgan fingerprint density at radius 3 is 2.73 bits per heavy atom. The van der Waals surface area contributed by atoms with Crippen molar-refractivity contribution in [3.05, 3.63) is 60.4 Å². The van der Waals surface area contributed by atoms with E-state index in [1.165, 1.54) is 0 Å². The molecule has 2 aromatic rings. The van der Waals surface area contributed by atoms with Gasteiger partial charge < -0.3 is 15.5 Å². The quantitative estimate of drug-likeness (QED) is 0.834. The molecular formula is C19H20N4O3. The first-order chi connectivity index (χ1) is 12.6. The van der Waals surface area contributed by atoms with E-state index in [-0.39, 0.29) is 24.8 Å². The minimum atomic E-state index is -0.647. The van der Waals surface area contributed by atoms with E-state index in [0.29, 0.717) is 17.8 Å². The van der Waals surface area contributed by atoms with E-state index in [1.807, 2.05) is 37.3 Å². The Kier molecular flexibility index (Phi) is 5.26. The van der Waals surface area contributed by atoms with Gasteiger partial charge in [-0.2, -0.15) is 0 Å². The monoisotopic (exact) mass is 352 g/mol. The second kappa shape index (κ2) is 7.77. The Labute approximate surface area is 151 Å². The normalized spacial score (nSPS) is 18.6. The molecule has 0 saturated heterocycles. The van der Waals surface area contributed by atoms with Gasteiger partial charge in [-0.05, 0) is 24.6 Å². The Balaban J connectivity index is 1.45. The van der Waals surface area contributed by atoms with E-state index in [4.69, 9.17) is 4.84 Å². The molecule has 0 radical (unpaired) electrons. The molecule has 0 aliphatic carbocycles. The van der Waals surface area contributed by atoms with Crippen LogP contribution in [0.5, 0.6) is 0 Å². The van der Waals surface area contributed by atoms with E-state index in [1.54, 1.807) is 24.5 Å². The molecule has 2 amide bonds. The molecular weight excluding hydrogens is 332 g/mol. The van der Waals surface area contributed by atoms with Crippen LogP contribution in [0.4, 0.5) is 5.69 Å². The number of amides is 2. The van der Waals surface area contributed by atoms with Crippen LogP contribution in [0.25, 0.3) is 0 Å². The van der Waals surface area contributed by atoms with Crippen LogP contribution < -0.4 is 10.6 Å². The Morgan fingerprint density at radius 1 is 1.19 bits per heavy atom. The van der Waals surface area contributed by atoms with E-state index in [2.05, 4.69) is 20.8 Å². The molecule has 0 fully saturated rings. The summed E-state index contributed by atoms with van der Waals surface area (Å²) in [5.41, 5.74) is 1.26. The SMILES string of the molecule is CC1(c2ccccc2)CC(C(=O)NCCC(=O)Nc2cccnc2)=NO1. The topological polar surface area (TPSA) is 92.7 Å². The molecule has 1 unspecified atom stereocenters. The summed E-state index contributed by atoms with van der Waals surface area (Å²) in [5, 5.41) is 9.34. The van der Waals surface area contributed by atoms with Crippen LogP contribution in [0.2, 0.25) is 0 Å². The minimum absolute atomic E-state index is 0.157. The molecule has 0 saturated carbocycles. The summed E-state index contributed by atoms with van der Waals surface area (Å²) in [6, 6.07) is 13.1. The zero-order chi connectivity index (χ0) is 18.4. The van der Waals surface area contributed by atoms with Crippen LogP contribution in [-0.4, -0.2) is 29.1 Å². The van der Waals surface area contributed by atoms with Crippen LogP contribution >= 0.6 is 0 Å². The third-order valence-electron chi connectivity index (χ3n) is 4.09. The van der Waals surface area contributed by atoms with E-state index >= 15 is 0 Å². The number of carbonyl (C=O) groups excluding carboxylic acids is 2. The molecule has 2 N–H and O–H groups in total. The number of hydrogen-bond acceptors (Lipinski definition) is 5. The maximum atomic E-state index is 12.2. The molecule has 3 rings (SSSR count). The third-order valence-corrected chi connectivity index (χ3v) is 4.09. The summed E-state index contributed by atoms with van der Waals surface area (Å²) in [6.07, 6.45) is 3.73. The second-order valence-electron chi connectivity index (χ2n) is 6.20. The number of anilines is 1. The Morgan fingerprint density at radius 2 is 2.00 bits per heavy atom. The number of oxime groups is 1. The van der Waals surface area contributed by atoms with Crippen molar-refractivity contribution in [2.75, 3.05) is 11.9 Å². The molecule has 0 spiro atoms.